The molecule has 0 aliphatic heterocycles. The molecule has 0 radical (unpaired) electrons. The van der Waals surface area contributed by atoms with Crippen LogP contribution < -0.4 is 5.32 Å². The predicted octanol–water partition coefficient (Wildman–Crippen LogP) is 2.20. The van der Waals surface area contributed by atoms with Crippen molar-refractivity contribution < 1.29 is 0 Å². The number of nitrogens with zero attached hydrogens (tertiary/aromatic N) is 2. The Hall–Kier alpha value is -1.53. The van der Waals surface area contributed by atoms with Crippen molar-refractivity contribution in [3.63, 3.8) is 0 Å². The van der Waals surface area contributed by atoms with Gasteiger partial charge in [-0.05, 0) is 6.07 Å². The molecular formula is C9H8ClN3. The van der Waals surface area contributed by atoms with Crippen molar-refractivity contribution in [3.05, 3.63) is 35.5 Å². The molecule has 66 valence electrons. The summed E-state index contributed by atoms with van der Waals surface area (Å²) in [6.07, 6.45) is 3.23. The van der Waals surface area contributed by atoms with Gasteiger partial charge in [0.2, 0.25) is 0 Å². The molecule has 0 spiro atoms. The van der Waals surface area contributed by atoms with Crippen LogP contribution in [0.1, 0.15) is 5.56 Å². The SMILES string of the molecule is C=CCNc1nccc(C#N)c1Cl. The maximum absolute atomic E-state index is 8.66. The summed E-state index contributed by atoms with van der Waals surface area (Å²) in [5.74, 6) is 0.514. The van der Waals surface area contributed by atoms with Crippen LogP contribution in [0.15, 0.2) is 24.9 Å². The van der Waals surface area contributed by atoms with Gasteiger partial charge < -0.3 is 5.32 Å². The Bertz CT molecular complexity index is 354. The van der Waals surface area contributed by atoms with E-state index in [4.69, 9.17) is 16.9 Å². The lowest BCUT2D eigenvalue weighted by Crippen LogP contribution is -2.01. The molecule has 0 amide bonds. The van der Waals surface area contributed by atoms with E-state index < -0.39 is 0 Å². The van der Waals surface area contributed by atoms with E-state index in [-0.39, 0.29) is 0 Å². The largest absolute Gasteiger partial charge is 0.365 e. The molecule has 13 heavy (non-hydrogen) atoms. The van der Waals surface area contributed by atoms with Crippen molar-refractivity contribution in [1.29, 1.82) is 5.26 Å². The van der Waals surface area contributed by atoms with Crippen LogP contribution in [0.5, 0.6) is 0 Å². The Morgan fingerprint density at radius 3 is 3.15 bits per heavy atom. The molecule has 0 bridgehead atoms. The highest BCUT2D eigenvalue weighted by atomic mass is 35.5. The van der Waals surface area contributed by atoms with E-state index in [0.29, 0.717) is 22.9 Å². The number of anilines is 1. The molecule has 1 N–H and O–H groups in total. The second-order valence-corrected chi connectivity index (χ2v) is 2.68. The summed E-state index contributed by atoms with van der Waals surface area (Å²) in [6, 6.07) is 3.55. The van der Waals surface area contributed by atoms with Crippen LogP contribution in [0.25, 0.3) is 0 Å². The molecule has 1 aromatic heterocycles. The average molecular weight is 194 g/mol. The number of pyridine rings is 1. The second kappa shape index (κ2) is 4.48. The highest BCUT2D eigenvalue weighted by Gasteiger charge is 2.04. The Labute approximate surface area is 81.7 Å². The normalized spacial score (nSPS) is 8.92. The first-order valence-corrected chi connectivity index (χ1v) is 4.06. The molecule has 0 unspecified atom stereocenters. The minimum atomic E-state index is 0.354. The van der Waals surface area contributed by atoms with Gasteiger partial charge in [-0.25, -0.2) is 4.98 Å². The van der Waals surface area contributed by atoms with Crippen molar-refractivity contribution in [2.24, 2.45) is 0 Å². The van der Waals surface area contributed by atoms with E-state index in [9.17, 15) is 0 Å². The quantitative estimate of drug-likeness (QED) is 0.749. The van der Waals surface area contributed by atoms with Crippen molar-refractivity contribution in [3.8, 4) is 6.07 Å². The maximum atomic E-state index is 8.66. The molecule has 4 heteroatoms. The first kappa shape index (κ1) is 9.56. The lowest BCUT2D eigenvalue weighted by Gasteiger charge is -2.04. The molecule has 0 aliphatic carbocycles. The molecule has 1 aromatic rings. The highest BCUT2D eigenvalue weighted by Crippen LogP contribution is 2.22. The molecule has 1 heterocycles. The van der Waals surface area contributed by atoms with Crippen LogP contribution in [0.2, 0.25) is 5.02 Å². The minimum Gasteiger partial charge on any atom is -0.365 e. The second-order valence-electron chi connectivity index (χ2n) is 2.30. The summed E-state index contributed by atoms with van der Waals surface area (Å²) in [7, 11) is 0. The van der Waals surface area contributed by atoms with E-state index in [0.717, 1.165) is 0 Å². The minimum absolute atomic E-state index is 0.354. The van der Waals surface area contributed by atoms with Crippen molar-refractivity contribution in [1.82, 2.24) is 4.98 Å². The zero-order valence-corrected chi connectivity index (χ0v) is 7.67. The fourth-order valence-corrected chi connectivity index (χ4v) is 1.04. The lowest BCUT2D eigenvalue weighted by molar-refractivity contribution is 1.22. The van der Waals surface area contributed by atoms with Crippen LogP contribution in [0.3, 0.4) is 0 Å². The fourth-order valence-electron chi connectivity index (χ4n) is 0.822. The van der Waals surface area contributed by atoms with Crippen LogP contribution in [-0.2, 0) is 0 Å². The number of nitriles is 1. The first-order chi connectivity index (χ1) is 6.29. The Balaban J connectivity index is 2.95. The maximum Gasteiger partial charge on any atom is 0.146 e. The topological polar surface area (TPSA) is 48.7 Å². The number of aromatic nitrogens is 1. The molecule has 3 nitrogen and oxygen atoms in total. The van der Waals surface area contributed by atoms with Crippen molar-refractivity contribution >= 4 is 17.4 Å². The van der Waals surface area contributed by atoms with Gasteiger partial charge in [-0.2, -0.15) is 5.26 Å². The number of hydrogen-bond acceptors (Lipinski definition) is 3. The van der Waals surface area contributed by atoms with Gasteiger partial charge >= 0.3 is 0 Å². The molecular weight excluding hydrogens is 186 g/mol. The summed E-state index contributed by atoms with van der Waals surface area (Å²) in [5, 5.41) is 11.9. The predicted molar refractivity (Wildman–Crippen MR) is 52.6 cm³/mol. The fraction of sp³-hybridized carbons (Fsp3) is 0.111. The molecule has 0 saturated heterocycles. The molecule has 0 aromatic carbocycles. The molecule has 0 atom stereocenters. The van der Waals surface area contributed by atoms with Gasteiger partial charge in [0.1, 0.15) is 16.9 Å². The summed E-state index contributed by atoms with van der Waals surface area (Å²) in [5.41, 5.74) is 0.420. The van der Waals surface area contributed by atoms with Gasteiger partial charge in [0.05, 0.1) is 5.56 Å². The van der Waals surface area contributed by atoms with Gasteiger partial charge in [-0.15, -0.1) is 6.58 Å². The molecule has 0 fully saturated rings. The number of halogens is 1. The summed E-state index contributed by atoms with van der Waals surface area (Å²) >= 11 is 5.86. The summed E-state index contributed by atoms with van der Waals surface area (Å²) in [4.78, 5) is 3.98. The Kier molecular flexibility index (Phi) is 3.30. The Morgan fingerprint density at radius 2 is 2.54 bits per heavy atom. The van der Waals surface area contributed by atoms with E-state index in [1.54, 1.807) is 12.1 Å². The van der Waals surface area contributed by atoms with Crippen LogP contribution in [0, 0.1) is 11.3 Å². The molecule has 0 saturated carbocycles. The smallest absolute Gasteiger partial charge is 0.146 e. The zero-order chi connectivity index (χ0) is 9.68. The number of hydrogen-bond donors (Lipinski definition) is 1. The zero-order valence-electron chi connectivity index (χ0n) is 6.92. The lowest BCUT2D eigenvalue weighted by atomic mass is 10.3. The average Bonchev–Trinajstić information content (AvgIpc) is 2.16. The van der Waals surface area contributed by atoms with Crippen LogP contribution >= 0.6 is 11.6 Å². The third-order valence-electron chi connectivity index (χ3n) is 1.42. The molecule has 1 rings (SSSR count). The highest BCUT2D eigenvalue weighted by molar-refractivity contribution is 6.34. The Morgan fingerprint density at radius 1 is 1.77 bits per heavy atom. The van der Waals surface area contributed by atoms with Gasteiger partial charge in [-0.3, -0.25) is 0 Å². The third-order valence-corrected chi connectivity index (χ3v) is 1.81. The number of rotatable bonds is 3. The monoisotopic (exact) mass is 193 g/mol. The van der Waals surface area contributed by atoms with Crippen LogP contribution in [0.4, 0.5) is 5.82 Å². The summed E-state index contributed by atoms with van der Waals surface area (Å²) in [6.45, 7) is 4.12. The van der Waals surface area contributed by atoms with Gasteiger partial charge in [0.15, 0.2) is 0 Å². The summed E-state index contributed by atoms with van der Waals surface area (Å²) < 4.78 is 0. The number of nitrogens with one attached hydrogen (secondary N) is 1. The van der Waals surface area contributed by atoms with E-state index in [1.807, 2.05) is 6.07 Å². The van der Waals surface area contributed by atoms with E-state index in [2.05, 4.69) is 16.9 Å². The van der Waals surface area contributed by atoms with Crippen molar-refractivity contribution in [2.75, 3.05) is 11.9 Å². The van der Waals surface area contributed by atoms with E-state index >= 15 is 0 Å². The van der Waals surface area contributed by atoms with Crippen molar-refractivity contribution in [2.45, 2.75) is 0 Å². The van der Waals surface area contributed by atoms with Gasteiger partial charge in [0.25, 0.3) is 0 Å². The van der Waals surface area contributed by atoms with Gasteiger partial charge in [0, 0.05) is 12.7 Å². The standard InChI is InChI=1S/C9H8ClN3/c1-2-4-12-9-8(10)7(6-11)3-5-13-9/h2-3,5H,1,4H2,(H,12,13). The van der Waals surface area contributed by atoms with E-state index in [1.165, 1.54) is 6.20 Å². The van der Waals surface area contributed by atoms with Crippen LogP contribution in [-0.4, -0.2) is 11.5 Å². The first-order valence-electron chi connectivity index (χ1n) is 3.69. The third kappa shape index (κ3) is 2.20. The van der Waals surface area contributed by atoms with Gasteiger partial charge in [-0.1, -0.05) is 17.7 Å². The molecule has 0 aliphatic rings.